The number of morpholine rings is 1. The van der Waals surface area contributed by atoms with Crippen molar-refractivity contribution in [1.29, 1.82) is 0 Å². The number of aromatic nitrogens is 2. The molecule has 1 aliphatic heterocycles. The van der Waals surface area contributed by atoms with E-state index in [2.05, 4.69) is 5.10 Å². The zero-order valence-corrected chi connectivity index (χ0v) is 12.5. The van der Waals surface area contributed by atoms with Crippen LogP contribution in [0.5, 0.6) is 0 Å². The molecule has 23 heavy (non-hydrogen) atoms. The van der Waals surface area contributed by atoms with Gasteiger partial charge in [0.1, 0.15) is 0 Å². The van der Waals surface area contributed by atoms with Gasteiger partial charge in [0, 0.05) is 24.5 Å². The smallest absolute Gasteiger partial charge is 0.334 e. The molecular formula is C16H17N3O4. The van der Waals surface area contributed by atoms with Gasteiger partial charge in [-0.15, -0.1) is 0 Å². The first kappa shape index (κ1) is 15.2. The highest BCUT2D eigenvalue weighted by molar-refractivity contribution is 5.96. The minimum Gasteiger partial charge on any atom is -0.479 e. The van der Waals surface area contributed by atoms with E-state index in [0.717, 1.165) is 5.56 Å². The SMILES string of the molecule is O=C(O)C1CN(C(=O)c2ccccc2Cn2cccn2)CCO1. The maximum Gasteiger partial charge on any atom is 0.334 e. The lowest BCUT2D eigenvalue weighted by Crippen LogP contribution is -2.48. The Morgan fingerprint density at radius 1 is 1.30 bits per heavy atom. The summed E-state index contributed by atoms with van der Waals surface area (Å²) in [5, 5.41) is 13.2. The highest BCUT2D eigenvalue weighted by atomic mass is 16.5. The molecular weight excluding hydrogens is 298 g/mol. The number of carbonyl (C=O) groups is 2. The van der Waals surface area contributed by atoms with E-state index in [0.29, 0.717) is 18.7 Å². The summed E-state index contributed by atoms with van der Waals surface area (Å²) in [5.74, 6) is -1.23. The number of ether oxygens (including phenoxy) is 1. The molecule has 1 N–H and O–H groups in total. The van der Waals surface area contributed by atoms with Crippen LogP contribution >= 0.6 is 0 Å². The first-order chi connectivity index (χ1) is 11.1. The zero-order valence-electron chi connectivity index (χ0n) is 12.5. The number of carboxylic acids is 1. The second-order valence-electron chi connectivity index (χ2n) is 5.31. The van der Waals surface area contributed by atoms with E-state index >= 15 is 0 Å². The van der Waals surface area contributed by atoms with E-state index in [1.807, 2.05) is 24.4 Å². The van der Waals surface area contributed by atoms with E-state index in [4.69, 9.17) is 9.84 Å². The van der Waals surface area contributed by atoms with Crippen molar-refractivity contribution in [3.63, 3.8) is 0 Å². The number of aliphatic carboxylic acids is 1. The number of carbonyl (C=O) groups excluding carboxylic acids is 1. The molecule has 1 aromatic carbocycles. The Hall–Kier alpha value is -2.67. The van der Waals surface area contributed by atoms with Gasteiger partial charge in [0.15, 0.2) is 6.10 Å². The van der Waals surface area contributed by atoms with Gasteiger partial charge in [0.05, 0.1) is 19.7 Å². The molecule has 3 rings (SSSR count). The zero-order chi connectivity index (χ0) is 16.2. The van der Waals surface area contributed by atoms with Crippen LogP contribution in [0.1, 0.15) is 15.9 Å². The van der Waals surface area contributed by atoms with Crippen LogP contribution in [-0.4, -0.2) is 57.5 Å². The maximum atomic E-state index is 12.8. The van der Waals surface area contributed by atoms with Crippen molar-refractivity contribution < 1.29 is 19.4 Å². The van der Waals surface area contributed by atoms with Crippen LogP contribution in [0.25, 0.3) is 0 Å². The molecule has 7 nitrogen and oxygen atoms in total. The molecule has 1 aromatic heterocycles. The number of hydrogen-bond donors (Lipinski definition) is 1. The van der Waals surface area contributed by atoms with Crippen LogP contribution in [-0.2, 0) is 16.1 Å². The standard InChI is InChI=1S/C16H17N3O4/c20-15(18-8-9-23-14(11-18)16(21)22)13-5-2-1-4-12(13)10-19-7-3-6-17-19/h1-7,14H,8-11H2,(H,21,22). The number of nitrogens with zero attached hydrogens (tertiary/aromatic N) is 3. The molecule has 0 radical (unpaired) electrons. The first-order valence-corrected chi connectivity index (χ1v) is 7.34. The van der Waals surface area contributed by atoms with Crippen molar-refractivity contribution in [2.45, 2.75) is 12.6 Å². The van der Waals surface area contributed by atoms with Crippen LogP contribution in [0.3, 0.4) is 0 Å². The van der Waals surface area contributed by atoms with Crippen LogP contribution in [0, 0.1) is 0 Å². The molecule has 2 heterocycles. The Morgan fingerprint density at radius 3 is 2.87 bits per heavy atom. The van der Waals surface area contributed by atoms with Gasteiger partial charge in [0.2, 0.25) is 0 Å². The fraction of sp³-hybridized carbons (Fsp3) is 0.312. The first-order valence-electron chi connectivity index (χ1n) is 7.34. The molecule has 0 bridgehead atoms. The summed E-state index contributed by atoms with van der Waals surface area (Å²) in [6, 6.07) is 9.13. The molecule has 2 aromatic rings. The number of benzene rings is 1. The quantitative estimate of drug-likeness (QED) is 0.904. The van der Waals surface area contributed by atoms with Gasteiger partial charge in [-0.25, -0.2) is 4.79 Å². The van der Waals surface area contributed by atoms with E-state index in [9.17, 15) is 9.59 Å². The fourth-order valence-electron chi connectivity index (χ4n) is 2.59. The Kier molecular flexibility index (Phi) is 4.38. The Balaban J connectivity index is 1.80. The summed E-state index contributed by atoms with van der Waals surface area (Å²) in [7, 11) is 0. The lowest BCUT2D eigenvalue weighted by Gasteiger charge is -2.31. The number of hydrogen-bond acceptors (Lipinski definition) is 4. The average molecular weight is 315 g/mol. The molecule has 0 saturated carbocycles. The molecule has 7 heteroatoms. The Labute approximate surface area is 133 Å². The van der Waals surface area contributed by atoms with Crippen molar-refractivity contribution in [3.05, 3.63) is 53.9 Å². The summed E-state index contributed by atoms with van der Waals surface area (Å²) in [5.41, 5.74) is 1.41. The minimum atomic E-state index is -1.05. The van der Waals surface area contributed by atoms with E-state index in [-0.39, 0.29) is 19.1 Å². The highest BCUT2D eigenvalue weighted by Crippen LogP contribution is 2.16. The molecule has 1 saturated heterocycles. The third-order valence-corrected chi connectivity index (χ3v) is 3.77. The van der Waals surface area contributed by atoms with E-state index < -0.39 is 12.1 Å². The Bertz CT molecular complexity index is 699. The highest BCUT2D eigenvalue weighted by Gasteiger charge is 2.30. The largest absolute Gasteiger partial charge is 0.479 e. The van der Waals surface area contributed by atoms with Gasteiger partial charge in [-0.2, -0.15) is 5.10 Å². The van der Waals surface area contributed by atoms with E-state index in [1.165, 1.54) is 4.90 Å². The van der Waals surface area contributed by atoms with Crippen LogP contribution < -0.4 is 0 Å². The molecule has 1 aliphatic rings. The van der Waals surface area contributed by atoms with Gasteiger partial charge in [0.25, 0.3) is 5.91 Å². The summed E-state index contributed by atoms with van der Waals surface area (Å²) >= 11 is 0. The van der Waals surface area contributed by atoms with Crippen molar-refractivity contribution in [3.8, 4) is 0 Å². The fourth-order valence-corrected chi connectivity index (χ4v) is 2.59. The van der Waals surface area contributed by atoms with Crippen LogP contribution in [0.15, 0.2) is 42.7 Å². The van der Waals surface area contributed by atoms with Crippen LogP contribution in [0.4, 0.5) is 0 Å². The lowest BCUT2D eigenvalue weighted by molar-refractivity contribution is -0.154. The predicted molar refractivity (Wildman–Crippen MR) is 81.1 cm³/mol. The van der Waals surface area contributed by atoms with Gasteiger partial charge >= 0.3 is 5.97 Å². The van der Waals surface area contributed by atoms with Crippen LogP contribution in [0.2, 0.25) is 0 Å². The topological polar surface area (TPSA) is 84.7 Å². The van der Waals surface area contributed by atoms with Gasteiger partial charge in [-0.3, -0.25) is 9.48 Å². The number of amides is 1. The second-order valence-corrected chi connectivity index (χ2v) is 5.31. The van der Waals surface area contributed by atoms with Crippen molar-refractivity contribution in [1.82, 2.24) is 14.7 Å². The summed E-state index contributed by atoms with van der Waals surface area (Å²) in [4.78, 5) is 25.4. The molecule has 1 fully saturated rings. The molecule has 120 valence electrons. The lowest BCUT2D eigenvalue weighted by atomic mass is 10.1. The normalized spacial score (nSPS) is 17.9. The van der Waals surface area contributed by atoms with Gasteiger partial charge in [-0.1, -0.05) is 18.2 Å². The predicted octanol–water partition coefficient (Wildman–Crippen LogP) is 0.857. The van der Waals surface area contributed by atoms with Gasteiger partial charge in [-0.05, 0) is 17.7 Å². The number of rotatable bonds is 4. The molecule has 1 amide bonds. The van der Waals surface area contributed by atoms with Crippen molar-refractivity contribution in [2.24, 2.45) is 0 Å². The van der Waals surface area contributed by atoms with Gasteiger partial charge < -0.3 is 14.7 Å². The number of carboxylic acid groups (broad SMARTS) is 1. The molecule has 0 aliphatic carbocycles. The third kappa shape index (κ3) is 3.40. The maximum absolute atomic E-state index is 12.8. The summed E-state index contributed by atoms with van der Waals surface area (Å²) in [6.45, 7) is 1.16. The van der Waals surface area contributed by atoms with Crippen molar-refractivity contribution in [2.75, 3.05) is 19.7 Å². The minimum absolute atomic E-state index is 0.0598. The third-order valence-electron chi connectivity index (χ3n) is 3.77. The second kappa shape index (κ2) is 6.62. The summed E-state index contributed by atoms with van der Waals surface area (Å²) in [6.07, 6.45) is 2.55. The molecule has 1 atom stereocenters. The van der Waals surface area contributed by atoms with E-state index in [1.54, 1.807) is 23.0 Å². The molecule has 0 spiro atoms. The average Bonchev–Trinajstić information content (AvgIpc) is 3.08. The summed E-state index contributed by atoms with van der Waals surface area (Å²) < 4.78 is 6.91. The molecule has 1 unspecified atom stereocenters. The Morgan fingerprint density at radius 2 is 2.13 bits per heavy atom. The van der Waals surface area contributed by atoms with Crippen molar-refractivity contribution >= 4 is 11.9 Å². The monoisotopic (exact) mass is 315 g/mol.